The first kappa shape index (κ1) is 15.3. The van der Waals surface area contributed by atoms with Gasteiger partial charge in [0, 0.05) is 11.7 Å². The molecule has 21 heavy (non-hydrogen) atoms. The van der Waals surface area contributed by atoms with Crippen molar-refractivity contribution in [1.82, 2.24) is 5.32 Å². The van der Waals surface area contributed by atoms with Crippen molar-refractivity contribution in [2.45, 2.75) is 26.8 Å². The molecular formula is C18H22N2O. The van der Waals surface area contributed by atoms with E-state index in [-0.39, 0.29) is 11.9 Å². The Morgan fingerprint density at radius 1 is 1.05 bits per heavy atom. The monoisotopic (exact) mass is 282 g/mol. The summed E-state index contributed by atoms with van der Waals surface area (Å²) in [7, 11) is 0. The van der Waals surface area contributed by atoms with Crippen molar-refractivity contribution in [1.29, 1.82) is 0 Å². The third kappa shape index (κ3) is 4.43. The van der Waals surface area contributed by atoms with Gasteiger partial charge in [0.25, 0.3) is 0 Å². The van der Waals surface area contributed by atoms with Crippen molar-refractivity contribution in [2.24, 2.45) is 0 Å². The van der Waals surface area contributed by atoms with E-state index in [0.29, 0.717) is 6.54 Å². The van der Waals surface area contributed by atoms with Crippen LogP contribution in [0.5, 0.6) is 0 Å². The molecule has 0 bridgehead atoms. The molecular weight excluding hydrogens is 260 g/mol. The minimum atomic E-state index is -0.0268. The van der Waals surface area contributed by atoms with Crippen LogP contribution in [-0.4, -0.2) is 12.5 Å². The highest BCUT2D eigenvalue weighted by Crippen LogP contribution is 2.14. The zero-order chi connectivity index (χ0) is 15.2. The van der Waals surface area contributed by atoms with Gasteiger partial charge >= 0.3 is 0 Å². The van der Waals surface area contributed by atoms with Gasteiger partial charge in [-0.15, -0.1) is 0 Å². The smallest absolute Gasteiger partial charge is 0.238 e. The summed E-state index contributed by atoms with van der Waals surface area (Å²) in [5, 5.41) is 6.15. The van der Waals surface area contributed by atoms with E-state index in [2.05, 4.69) is 36.6 Å². The second-order valence-corrected chi connectivity index (χ2v) is 5.36. The fourth-order valence-electron chi connectivity index (χ4n) is 2.13. The summed E-state index contributed by atoms with van der Waals surface area (Å²) in [6, 6.07) is 16.2. The SMILES string of the molecule is Cc1ccc(NC(=O)CN[C@H](C)c2ccccc2)cc1C. The van der Waals surface area contributed by atoms with Gasteiger partial charge < -0.3 is 10.6 Å². The first-order valence-corrected chi connectivity index (χ1v) is 7.21. The number of rotatable bonds is 5. The Morgan fingerprint density at radius 3 is 2.43 bits per heavy atom. The lowest BCUT2D eigenvalue weighted by molar-refractivity contribution is -0.115. The van der Waals surface area contributed by atoms with E-state index in [0.717, 1.165) is 5.69 Å². The van der Waals surface area contributed by atoms with E-state index in [4.69, 9.17) is 0 Å². The number of hydrogen-bond donors (Lipinski definition) is 2. The summed E-state index contributed by atoms with van der Waals surface area (Å²) in [5.74, 6) is -0.0268. The lowest BCUT2D eigenvalue weighted by Crippen LogP contribution is -2.30. The average molecular weight is 282 g/mol. The molecule has 110 valence electrons. The van der Waals surface area contributed by atoms with Gasteiger partial charge in [0.05, 0.1) is 6.54 Å². The summed E-state index contributed by atoms with van der Waals surface area (Å²) in [6.45, 7) is 6.45. The molecule has 2 N–H and O–H groups in total. The van der Waals surface area contributed by atoms with Crippen molar-refractivity contribution in [3.8, 4) is 0 Å². The normalized spacial score (nSPS) is 12.0. The quantitative estimate of drug-likeness (QED) is 0.880. The molecule has 2 aromatic carbocycles. The lowest BCUT2D eigenvalue weighted by atomic mass is 10.1. The second-order valence-electron chi connectivity index (χ2n) is 5.36. The number of amides is 1. The molecule has 2 rings (SSSR count). The Hall–Kier alpha value is -2.13. The number of aryl methyl sites for hydroxylation is 2. The highest BCUT2D eigenvalue weighted by molar-refractivity contribution is 5.92. The highest BCUT2D eigenvalue weighted by Gasteiger charge is 2.07. The van der Waals surface area contributed by atoms with Gasteiger partial charge in [-0.2, -0.15) is 0 Å². The first-order valence-electron chi connectivity index (χ1n) is 7.21. The molecule has 3 heteroatoms. The van der Waals surface area contributed by atoms with E-state index < -0.39 is 0 Å². The fourth-order valence-corrected chi connectivity index (χ4v) is 2.13. The number of anilines is 1. The highest BCUT2D eigenvalue weighted by atomic mass is 16.1. The van der Waals surface area contributed by atoms with Gasteiger partial charge in [0.15, 0.2) is 0 Å². The van der Waals surface area contributed by atoms with Crippen LogP contribution in [0, 0.1) is 13.8 Å². The van der Waals surface area contributed by atoms with E-state index >= 15 is 0 Å². The molecule has 0 aromatic heterocycles. The third-order valence-corrected chi connectivity index (χ3v) is 3.66. The molecule has 1 amide bonds. The van der Waals surface area contributed by atoms with Crippen LogP contribution in [-0.2, 0) is 4.79 Å². The molecule has 0 saturated heterocycles. The first-order chi connectivity index (χ1) is 10.1. The number of nitrogens with one attached hydrogen (secondary N) is 2. The second kappa shape index (κ2) is 7.04. The number of hydrogen-bond acceptors (Lipinski definition) is 2. The van der Waals surface area contributed by atoms with E-state index in [1.807, 2.05) is 43.3 Å². The molecule has 0 spiro atoms. The van der Waals surface area contributed by atoms with Gasteiger partial charge in [-0.3, -0.25) is 4.79 Å². The molecule has 2 aromatic rings. The Morgan fingerprint density at radius 2 is 1.76 bits per heavy atom. The Labute approximate surface area is 126 Å². The summed E-state index contributed by atoms with van der Waals surface area (Å²) >= 11 is 0. The minimum Gasteiger partial charge on any atom is -0.325 e. The van der Waals surface area contributed by atoms with Crippen LogP contribution in [0.3, 0.4) is 0 Å². The van der Waals surface area contributed by atoms with Gasteiger partial charge in [-0.05, 0) is 49.6 Å². The summed E-state index contributed by atoms with van der Waals surface area (Å²) < 4.78 is 0. The van der Waals surface area contributed by atoms with Crippen molar-refractivity contribution in [3.05, 3.63) is 65.2 Å². The van der Waals surface area contributed by atoms with Crippen LogP contribution in [0.4, 0.5) is 5.69 Å². The minimum absolute atomic E-state index is 0.0268. The number of benzene rings is 2. The number of carbonyl (C=O) groups is 1. The molecule has 0 heterocycles. The molecule has 0 aliphatic rings. The summed E-state index contributed by atoms with van der Waals surface area (Å²) in [5.41, 5.74) is 4.43. The number of carbonyl (C=O) groups excluding carboxylic acids is 1. The molecule has 0 radical (unpaired) electrons. The van der Waals surface area contributed by atoms with Gasteiger partial charge in [-0.1, -0.05) is 36.4 Å². The molecule has 0 saturated carbocycles. The standard InChI is InChI=1S/C18H22N2O/c1-13-9-10-17(11-14(13)2)20-18(21)12-19-15(3)16-7-5-4-6-8-16/h4-11,15,19H,12H2,1-3H3,(H,20,21)/t15-/m1/s1. The van der Waals surface area contributed by atoms with Gasteiger partial charge in [0.2, 0.25) is 5.91 Å². The Balaban J connectivity index is 1.86. The average Bonchev–Trinajstić information content (AvgIpc) is 2.49. The maximum absolute atomic E-state index is 12.0. The molecule has 0 aliphatic heterocycles. The Bertz CT molecular complexity index is 608. The molecule has 3 nitrogen and oxygen atoms in total. The van der Waals surface area contributed by atoms with Gasteiger partial charge in [-0.25, -0.2) is 0 Å². The van der Waals surface area contributed by atoms with Crippen LogP contribution in [0.1, 0.15) is 29.7 Å². The summed E-state index contributed by atoms with van der Waals surface area (Å²) in [6.07, 6.45) is 0. The largest absolute Gasteiger partial charge is 0.325 e. The van der Waals surface area contributed by atoms with E-state index in [1.54, 1.807) is 0 Å². The topological polar surface area (TPSA) is 41.1 Å². The van der Waals surface area contributed by atoms with E-state index in [1.165, 1.54) is 16.7 Å². The molecule has 1 atom stereocenters. The van der Waals surface area contributed by atoms with Crippen LogP contribution in [0.2, 0.25) is 0 Å². The van der Waals surface area contributed by atoms with Crippen LogP contribution >= 0.6 is 0 Å². The molecule has 0 aliphatic carbocycles. The van der Waals surface area contributed by atoms with Crippen LogP contribution in [0.25, 0.3) is 0 Å². The Kier molecular flexibility index (Phi) is 5.12. The zero-order valence-corrected chi connectivity index (χ0v) is 12.8. The maximum atomic E-state index is 12.0. The summed E-state index contributed by atoms with van der Waals surface area (Å²) in [4.78, 5) is 12.0. The zero-order valence-electron chi connectivity index (χ0n) is 12.8. The van der Waals surface area contributed by atoms with Crippen LogP contribution in [0.15, 0.2) is 48.5 Å². The van der Waals surface area contributed by atoms with E-state index in [9.17, 15) is 4.79 Å². The molecule has 0 fully saturated rings. The molecule has 0 unspecified atom stereocenters. The fraction of sp³-hybridized carbons (Fsp3) is 0.278. The predicted molar refractivity (Wildman–Crippen MR) is 87.4 cm³/mol. The van der Waals surface area contributed by atoms with Crippen molar-refractivity contribution >= 4 is 11.6 Å². The van der Waals surface area contributed by atoms with Crippen molar-refractivity contribution < 1.29 is 4.79 Å². The van der Waals surface area contributed by atoms with Crippen LogP contribution < -0.4 is 10.6 Å². The predicted octanol–water partition coefficient (Wildman–Crippen LogP) is 3.59. The maximum Gasteiger partial charge on any atom is 0.238 e. The third-order valence-electron chi connectivity index (χ3n) is 3.66. The van der Waals surface area contributed by atoms with Crippen molar-refractivity contribution in [2.75, 3.05) is 11.9 Å². The van der Waals surface area contributed by atoms with Gasteiger partial charge in [0.1, 0.15) is 0 Å². The lowest BCUT2D eigenvalue weighted by Gasteiger charge is -2.14. The van der Waals surface area contributed by atoms with Crippen molar-refractivity contribution in [3.63, 3.8) is 0 Å².